The number of rotatable bonds is 3. The Balaban J connectivity index is 2.08. The molecular weight excluding hydrogens is 304 g/mol. The molecule has 3 rings (SSSR count). The maximum Gasteiger partial charge on any atom is 0.153 e. The van der Waals surface area contributed by atoms with Crippen LogP contribution in [0.4, 0.5) is 0 Å². The number of aliphatic hydroxyl groups excluding tert-OH is 2. The van der Waals surface area contributed by atoms with Crippen molar-refractivity contribution in [2.75, 3.05) is 0 Å². The Bertz CT molecular complexity index is 727. The van der Waals surface area contributed by atoms with Gasteiger partial charge in [0.2, 0.25) is 0 Å². The topological polar surface area (TPSA) is 80.9 Å². The van der Waals surface area contributed by atoms with Gasteiger partial charge in [0.25, 0.3) is 0 Å². The lowest BCUT2D eigenvalue weighted by Gasteiger charge is -2.31. The molecule has 0 amide bonds. The van der Waals surface area contributed by atoms with Gasteiger partial charge < -0.3 is 20.4 Å². The van der Waals surface area contributed by atoms with Gasteiger partial charge in [-0.1, -0.05) is 31.2 Å². The van der Waals surface area contributed by atoms with E-state index in [0.29, 0.717) is 0 Å². The molecule has 2 aromatic carbocycles. The first-order chi connectivity index (χ1) is 11.5. The van der Waals surface area contributed by atoms with Crippen LogP contribution < -0.4 is 0 Å². The quantitative estimate of drug-likeness (QED) is 0.675. The molecule has 2 aromatic rings. The Labute approximate surface area is 140 Å². The number of benzene rings is 2. The Morgan fingerprint density at radius 2 is 1.08 bits per heavy atom. The van der Waals surface area contributed by atoms with Crippen LogP contribution in [0, 0.1) is 11.8 Å². The summed E-state index contributed by atoms with van der Waals surface area (Å²) >= 11 is 0. The van der Waals surface area contributed by atoms with Gasteiger partial charge in [-0.25, -0.2) is 0 Å². The predicted octanol–water partition coefficient (Wildman–Crippen LogP) is 4.38. The van der Waals surface area contributed by atoms with Crippen LogP contribution in [0.3, 0.4) is 0 Å². The van der Waals surface area contributed by atoms with E-state index in [1.807, 2.05) is 31.2 Å². The highest BCUT2D eigenvalue weighted by molar-refractivity contribution is 5.41. The second-order valence-corrected chi connectivity index (χ2v) is 6.20. The van der Waals surface area contributed by atoms with Gasteiger partial charge >= 0.3 is 0 Å². The monoisotopic (exact) mass is 324 g/mol. The van der Waals surface area contributed by atoms with E-state index in [1.165, 1.54) is 0 Å². The van der Waals surface area contributed by atoms with E-state index in [0.717, 1.165) is 11.1 Å². The van der Waals surface area contributed by atoms with Crippen molar-refractivity contribution >= 4 is 0 Å². The molecule has 2 atom stereocenters. The summed E-state index contributed by atoms with van der Waals surface area (Å²) in [6, 6.07) is 13.9. The minimum atomic E-state index is -0.124. The average molecular weight is 324 g/mol. The largest absolute Gasteiger partial charge is 0.508 e. The minimum Gasteiger partial charge on any atom is -0.508 e. The molecule has 24 heavy (non-hydrogen) atoms. The lowest BCUT2D eigenvalue weighted by atomic mass is 9.73. The third-order valence-corrected chi connectivity index (χ3v) is 4.53. The molecule has 0 saturated carbocycles. The van der Waals surface area contributed by atoms with E-state index in [4.69, 9.17) is 0 Å². The third-order valence-electron chi connectivity index (χ3n) is 4.53. The van der Waals surface area contributed by atoms with Crippen LogP contribution in [0.25, 0.3) is 0 Å². The molecule has 0 aliphatic heterocycles. The fraction of sp³-hybridized carbons (Fsp3) is 0.200. The fourth-order valence-electron chi connectivity index (χ4n) is 3.26. The van der Waals surface area contributed by atoms with Crippen LogP contribution in [0.5, 0.6) is 11.5 Å². The molecule has 1 aliphatic rings. The van der Waals surface area contributed by atoms with E-state index in [9.17, 15) is 20.4 Å². The van der Waals surface area contributed by atoms with Gasteiger partial charge in [0.15, 0.2) is 11.5 Å². The Hall–Kier alpha value is -2.88. The number of hydrogen-bond acceptors (Lipinski definition) is 4. The second-order valence-electron chi connectivity index (χ2n) is 6.20. The van der Waals surface area contributed by atoms with E-state index in [-0.39, 0.29) is 40.8 Å². The molecule has 4 heteroatoms. The van der Waals surface area contributed by atoms with Gasteiger partial charge in [0.1, 0.15) is 11.5 Å². The molecule has 0 radical (unpaired) electrons. The maximum absolute atomic E-state index is 9.96. The Morgan fingerprint density at radius 1 is 0.667 bits per heavy atom. The molecule has 0 aromatic heterocycles. The SMILES string of the molecule is CC1C=C(O)C(O)=CC1C(c1ccc(O)cc1)c1ccc(O)cc1. The standard InChI is InChI=1S/C20H20O4/c1-12-10-18(23)19(24)11-17(12)20(13-2-6-15(21)7-3-13)14-4-8-16(22)9-5-14/h2-12,17,20-24H,1H3. The van der Waals surface area contributed by atoms with Crippen molar-refractivity contribution < 1.29 is 20.4 Å². The molecule has 0 fully saturated rings. The number of aliphatic hydroxyl groups is 2. The number of phenolic OH excluding ortho intramolecular Hbond substituents is 2. The summed E-state index contributed by atoms with van der Waals surface area (Å²) in [5.41, 5.74) is 1.96. The molecule has 0 saturated heterocycles. The van der Waals surface area contributed by atoms with E-state index < -0.39 is 0 Å². The number of aromatic hydroxyl groups is 2. The molecule has 0 spiro atoms. The summed E-state index contributed by atoms with van der Waals surface area (Å²) < 4.78 is 0. The molecule has 4 nitrogen and oxygen atoms in total. The van der Waals surface area contributed by atoms with Crippen molar-refractivity contribution in [1.82, 2.24) is 0 Å². The summed E-state index contributed by atoms with van der Waals surface area (Å²) in [4.78, 5) is 0. The molecule has 1 aliphatic carbocycles. The Morgan fingerprint density at radius 3 is 1.54 bits per heavy atom. The summed E-state index contributed by atoms with van der Waals surface area (Å²) in [6.07, 6.45) is 3.32. The van der Waals surface area contributed by atoms with Crippen molar-refractivity contribution in [2.24, 2.45) is 11.8 Å². The van der Waals surface area contributed by atoms with Crippen molar-refractivity contribution in [3.63, 3.8) is 0 Å². The highest BCUT2D eigenvalue weighted by Gasteiger charge is 2.31. The van der Waals surface area contributed by atoms with Crippen LogP contribution in [-0.4, -0.2) is 20.4 Å². The van der Waals surface area contributed by atoms with Crippen LogP contribution >= 0.6 is 0 Å². The molecular formula is C20H20O4. The predicted molar refractivity (Wildman–Crippen MR) is 92.1 cm³/mol. The van der Waals surface area contributed by atoms with Crippen molar-refractivity contribution in [3.05, 3.63) is 83.3 Å². The normalized spacial score (nSPS) is 20.6. The van der Waals surface area contributed by atoms with Crippen LogP contribution in [0.2, 0.25) is 0 Å². The van der Waals surface area contributed by atoms with Crippen molar-refractivity contribution in [3.8, 4) is 11.5 Å². The lowest BCUT2D eigenvalue weighted by Crippen LogP contribution is -2.22. The first kappa shape index (κ1) is 16.0. The molecule has 124 valence electrons. The first-order valence-electron chi connectivity index (χ1n) is 7.85. The summed E-state index contributed by atoms with van der Waals surface area (Å²) in [6.45, 7) is 1.98. The molecule has 0 bridgehead atoms. The highest BCUT2D eigenvalue weighted by atomic mass is 16.3. The molecule has 4 N–H and O–H groups in total. The van der Waals surface area contributed by atoms with Gasteiger partial charge in [-0.15, -0.1) is 0 Å². The minimum absolute atomic E-state index is 0.00788. The van der Waals surface area contributed by atoms with Gasteiger partial charge in [0, 0.05) is 5.92 Å². The van der Waals surface area contributed by atoms with Crippen LogP contribution in [0.15, 0.2) is 72.2 Å². The average Bonchev–Trinajstić information content (AvgIpc) is 2.56. The second kappa shape index (κ2) is 6.32. The van der Waals surface area contributed by atoms with Crippen molar-refractivity contribution in [1.29, 1.82) is 0 Å². The van der Waals surface area contributed by atoms with Gasteiger partial charge in [-0.05, 0) is 59.4 Å². The van der Waals surface area contributed by atoms with E-state index in [2.05, 4.69) is 0 Å². The lowest BCUT2D eigenvalue weighted by molar-refractivity contribution is 0.295. The third kappa shape index (κ3) is 3.08. The van der Waals surface area contributed by atoms with E-state index >= 15 is 0 Å². The van der Waals surface area contributed by atoms with Gasteiger partial charge in [-0.2, -0.15) is 0 Å². The van der Waals surface area contributed by atoms with Gasteiger partial charge in [-0.3, -0.25) is 0 Å². The Kier molecular flexibility index (Phi) is 4.21. The van der Waals surface area contributed by atoms with Crippen molar-refractivity contribution in [2.45, 2.75) is 12.8 Å². The zero-order valence-corrected chi connectivity index (χ0v) is 13.3. The van der Waals surface area contributed by atoms with E-state index in [1.54, 1.807) is 36.4 Å². The number of allylic oxidation sites excluding steroid dienone is 2. The zero-order chi connectivity index (χ0) is 17.3. The first-order valence-corrected chi connectivity index (χ1v) is 7.85. The smallest absolute Gasteiger partial charge is 0.153 e. The number of phenols is 2. The summed E-state index contributed by atoms with van der Waals surface area (Å²) in [5, 5.41) is 38.8. The fourth-order valence-corrected chi connectivity index (χ4v) is 3.26. The van der Waals surface area contributed by atoms with Crippen LogP contribution in [-0.2, 0) is 0 Å². The maximum atomic E-state index is 9.96. The molecule has 2 unspecified atom stereocenters. The molecule has 0 heterocycles. The summed E-state index contributed by atoms with van der Waals surface area (Å²) in [5.74, 6) is -0.00239. The number of hydrogen-bond donors (Lipinski definition) is 4. The van der Waals surface area contributed by atoms with Gasteiger partial charge in [0.05, 0.1) is 0 Å². The van der Waals surface area contributed by atoms with Crippen LogP contribution in [0.1, 0.15) is 24.0 Å². The summed E-state index contributed by atoms with van der Waals surface area (Å²) in [7, 11) is 0. The highest BCUT2D eigenvalue weighted by Crippen LogP contribution is 2.41. The zero-order valence-electron chi connectivity index (χ0n) is 13.3.